The fourth-order valence-electron chi connectivity index (χ4n) is 1.51. The summed E-state index contributed by atoms with van der Waals surface area (Å²) in [5, 5.41) is 0. The van der Waals surface area contributed by atoms with Crippen molar-refractivity contribution in [3.05, 3.63) is 45.7 Å². The molecule has 0 bridgehead atoms. The molecule has 1 nitrogen and oxygen atoms in total. The summed E-state index contributed by atoms with van der Waals surface area (Å²) in [7, 11) is 0. The SMILES string of the molecule is C=C(C)C[C@@H](N)c1cc(Br)cc(C)c1F.Cl. The van der Waals surface area contributed by atoms with Gasteiger partial charge in [-0.25, -0.2) is 4.39 Å². The Kier molecular flexibility index (Phi) is 6.23. The predicted molar refractivity (Wildman–Crippen MR) is 72.4 cm³/mol. The number of hydrogen-bond donors (Lipinski definition) is 1. The van der Waals surface area contributed by atoms with Gasteiger partial charge in [-0.3, -0.25) is 0 Å². The maximum atomic E-state index is 13.8. The second kappa shape index (κ2) is 6.38. The van der Waals surface area contributed by atoms with Crippen LogP contribution in [0.3, 0.4) is 0 Å². The van der Waals surface area contributed by atoms with Crippen LogP contribution in [0.4, 0.5) is 4.39 Å². The van der Waals surface area contributed by atoms with E-state index < -0.39 is 0 Å². The lowest BCUT2D eigenvalue weighted by Crippen LogP contribution is -2.13. The Morgan fingerprint density at radius 3 is 2.62 bits per heavy atom. The van der Waals surface area contributed by atoms with Crippen LogP contribution in [-0.2, 0) is 0 Å². The highest BCUT2D eigenvalue weighted by Gasteiger charge is 2.14. The number of aryl methyl sites for hydroxylation is 1. The summed E-state index contributed by atoms with van der Waals surface area (Å²) >= 11 is 3.34. The summed E-state index contributed by atoms with van der Waals surface area (Å²) in [6, 6.07) is 3.15. The molecule has 1 rings (SSSR count). The van der Waals surface area contributed by atoms with Gasteiger partial charge < -0.3 is 5.73 Å². The van der Waals surface area contributed by atoms with Crippen molar-refractivity contribution >= 4 is 28.3 Å². The van der Waals surface area contributed by atoms with Gasteiger partial charge >= 0.3 is 0 Å². The van der Waals surface area contributed by atoms with Crippen LogP contribution in [0.5, 0.6) is 0 Å². The van der Waals surface area contributed by atoms with Gasteiger partial charge in [0.25, 0.3) is 0 Å². The van der Waals surface area contributed by atoms with Crippen LogP contribution in [0.25, 0.3) is 0 Å². The average Bonchev–Trinajstić information content (AvgIpc) is 2.09. The van der Waals surface area contributed by atoms with Crippen molar-refractivity contribution in [3.63, 3.8) is 0 Å². The second-order valence-corrected chi connectivity index (χ2v) is 4.81. The Hall–Kier alpha value is -0.380. The Balaban J connectivity index is 0.00000225. The molecule has 2 N–H and O–H groups in total. The zero-order valence-corrected chi connectivity index (χ0v) is 11.8. The van der Waals surface area contributed by atoms with E-state index in [0.717, 1.165) is 10.0 Å². The summed E-state index contributed by atoms with van der Waals surface area (Å²) in [6.07, 6.45) is 0.604. The minimum Gasteiger partial charge on any atom is -0.324 e. The van der Waals surface area contributed by atoms with Crippen LogP contribution in [-0.4, -0.2) is 0 Å². The Morgan fingerprint density at radius 1 is 1.56 bits per heavy atom. The van der Waals surface area contributed by atoms with Crippen molar-refractivity contribution in [3.8, 4) is 0 Å². The van der Waals surface area contributed by atoms with Gasteiger partial charge in [-0.2, -0.15) is 0 Å². The molecule has 90 valence electrons. The van der Waals surface area contributed by atoms with Crippen molar-refractivity contribution in [1.29, 1.82) is 0 Å². The molecule has 0 amide bonds. The van der Waals surface area contributed by atoms with Crippen molar-refractivity contribution in [1.82, 2.24) is 0 Å². The number of benzene rings is 1. The smallest absolute Gasteiger partial charge is 0.130 e. The van der Waals surface area contributed by atoms with E-state index in [0.29, 0.717) is 17.5 Å². The maximum absolute atomic E-state index is 13.8. The molecular formula is C12H16BrClFN. The van der Waals surface area contributed by atoms with Crippen LogP contribution in [0.2, 0.25) is 0 Å². The first-order chi connectivity index (χ1) is 6.91. The van der Waals surface area contributed by atoms with E-state index in [-0.39, 0.29) is 24.3 Å². The Morgan fingerprint density at radius 2 is 2.12 bits per heavy atom. The van der Waals surface area contributed by atoms with Gasteiger partial charge in [-0.05, 0) is 38.0 Å². The molecular weight excluding hydrogens is 292 g/mol. The Labute approximate surface area is 110 Å². The lowest BCUT2D eigenvalue weighted by molar-refractivity contribution is 0.572. The molecule has 1 aromatic carbocycles. The van der Waals surface area contributed by atoms with Crippen LogP contribution in [0.15, 0.2) is 28.8 Å². The largest absolute Gasteiger partial charge is 0.324 e. The first kappa shape index (κ1) is 15.6. The molecule has 0 radical (unpaired) electrons. The van der Waals surface area contributed by atoms with E-state index in [1.807, 2.05) is 6.92 Å². The van der Waals surface area contributed by atoms with E-state index in [1.165, 1.54) is 0 Å². The topological polar surface area (TPSA) is 26.0 Å². The fraction of sp³-hybridized carbons (Fsp3) is 0.333. The normalized spacial score (nSPS) is 11.8. The Bertz CT molecular complexity index is 393. The van der Waals surface area contributed by atoms with Crippen molar-refractivity contribution in [2.24, 2.45) is 5.73 Å². The van der Waals surface area contributed by atoms with Gasteiger partial charge in [0, 0.05) is 16.1 Å². The molecule has 0 heterocycles. The van der Waals surface area contributed by atoms with Gasteiger partial charge in [0.1, 0.15) is 5.82 Å². The highest BCUT2D eigenvalue weighted by Crippen LogP contribution is 2.26. The highest BCUT2D eigenvalue weighted by atomic mass is 79.9. The zero-order valence-electron chi connectivity index (χ0n) is 9.39. The lowest BCUT2D eigenvalue weighted by atomic mass is 9.99. The van der Waals surface area contributed by atoms with E-state index in [1.54, 1.807) is 19.1 Å². The van der Waals surface area contributed by atoms with Crippen molar-refractivity contribution < 1.29 is 4.39 Å². The van der Waals surface area contributed by atoms with Gasteiger partial charge in [0.2, 0.25) is 0 Å². The van der Waals surface area contributed by atoms with E-state index in [4.69, 9.17) is 5.73 Å². The number of rotatable bonds is 3. The summed E-state index contributed by atoms with van der Waals surface area (Å²) < 4.78 is 14.6. The van der Waals surface area contributed by atoms with E-state index in [9.17, 15) is 4.39 Å². The third-order valence-electron chi connectivity index (χ3n) is 2.22. The molecule has 1 aromatic rings. The third kappa shape index (κ3) is 3.89. The number of hydrogen-bond acceptors (Lipinski definition) is 1. The average molecular weight is 309 g/mol. The van der Waals surface area contributed by atoms with Crippen LogP contribution < -0.4 is 5.73 Å². The van der Waals surface area contributed by atoms with Crippen molar-refractivity contribution in [2.75, 3.05) is 0 Å². The summed E-state index contributed by atoms with van der Waals surface area (Å²) in [5.74, 6) is -0.216. The molecule has 4 heteroatoms. The van der Waals surface area contributed by atoms with E-state index >= 15 is 0 Å². The molecule has 0 aromatic heterocycles. The van der Waals surface area contributed by atoms with E-state index in [2.05, 4.69) is 22.5 Å². The van der Waals surface area contributed by atoms with Crippen molar-refractivity contribution in [2.45, 2.75) is 26.3 Å². The molecule has 16 heavy (non-hydrogen) atoms. The molecule has 0 saturated carbocycles. The summed E-state index contributed by atoms with van der Waals surface area (Å²) in [4.78, 5) is 0. The molecule has 0 aliphatic heterocycles. The molecule has 1 atom stereocenters. The predicted octanol–water partition coefficient (Wildman–Crippen LogP) is 4.28. The van der Waals surface area contributed by atoms with Crippen LogP contribution in [0, 0.1) is 12.7 Å². The zero-order chi connectivity index (χ0) is 11.6. The monoisotopic (exact) mass is 307 g/mol. The summed E-state index contributed by atoms with van der Waals surface area (Å²) in [6.45, 7) is 7.41. The first-order valence-corrected chi connectivity index (χ1v) is 5.56. The fourth-order valence-corrected chi connectivity index (χ4v) is 2.10. The molecule has 0 unspecified atom stereocenters. The van der Waals surface area contributed by atoms with Crippen LogP contribution in [0.1, 0.15) is 30.5 Å². The highest BCUT2D eigenvalue weighted by molar-refractivity contribution is 9.10. The quantitative estimate of drug-likeness (QED) is 0.829. The molecule has 0 aliphatic rings. The molecule has 0 saturated heterocycles. The second-order valence-electron chi connectivity index (χ2n) is 3.89. The van der Waals surface area contributed by atoms with Crippen LogP contribution >= 0.6 is 28.3 Å². The van der Waals surface area contributed by atoms with Gasteiger partial charge in [-0.15, -0.1) is 19.0 Å². The van der Waals surface area contributed by atoms with Gasteiger partial charge in [0.05, 0.1) is 0 Å². The van der Waals surface area contributed by atoms with Gasteiger partial charge in [0.15, 0.2) is 0 Å². The third-order valence-corrected chi connectivity index (χ3v) is 2.67. The molecule has 0 spiro atoms. The lowest BCUT2D eigenvalue weighted by Gasteiger charge is -2.14. The molecule has 0 aliphatic carbocycles. The number of nitrogens with two attached hydrogens (primary N) is 1. The standard InChI is InChI=1S/C12H15BrFN.ClH/c1-7(2)4-11(15)10-6-9(13)5-8(3)12(10)14;/h5-6,11H,1,4,15H2,2-3H3;1H/t11-;/m1./s1. The number of halogens is 3. The summed E-state index contributed by atoms with van der Waals surface area (Å²) in [5.41, 5.74) is 8.02. The minimum absolute atomic E-state index is 0. The maximum Gasteiger partial charge on any atom is 0.130 e. The minimum atomic E-state index is -0.321. The molecule has 0 fully saturated rings. The van der Waals surface area contributed by atoms with Gasteiger partial charge in [-0.1, -0.05) is 21.5 Å². The first-order valence-electron chi connectivity index (χ1n) is 4.77.